The van der Waals surface area contributed by atoms with Crippen LogP contribution in [0.15, 0.2) is 42.0 Å². The van der Waals surface area contributed by atoms with Crippen molar-refractivity contribution in [3.8, 4) is 0 Å². The third-order valence-corrected chi connectivity index (χ3v) is 3.76. The van der Waals surface area contributed by atoms with Crippen LogP contribution in [0.2, 0.25) is 0 Å². The lowest BCUT2D eigenvalue weighted by atomic mass is 10.1. The summed E-state index contributed by atoms with van der Waals surface area (Å²) in [6.07, 6.45) is 4.95. The third kappa shape index (κ3) is 4.48. The lowest BCUT2D eigenvalue weighted by Gasteiger charge is -2.28. The molecule has 0 bridgehead atoms. The van der Waals surface area contributed by atoms with E-state index < -0.39 is 0 Å². The summed E-state index contributed by atoms with van der Waals surface area (Å²) >= 11 is 0. The summed E-state index contributed by atoms with van der Waals surface area (Å²) < 4.78 is 0. The maximum Gasteiger partial charge on any atom is 0.0472 e. The van der Waals surface area contributed by atoms with Crippen molar-refractivity contribution in [2.75, 3.05) is 26.2 Å². The minimum atomic E-state index is 0.522. The first kappa shape index (κ1) is 14.3. The highest BCUT2D eigenvalue weighted by Gasteiger charge is 2.22. The van der Waals surface area contributed by atoms with Gasteiger partial charge in [0.25, 0.3) is 0 Å². The van der Waals surface area contributed by atoms with Crippen molar-refractivity contribution < 1.29 is 0 Å². The zero-order valence-electron chi connectivity index (χ0n) is 12.2. The predicted octanol–water partition coefficient (Wildman–Crippen LogP) is 3.38. The van der Waals surface area contributed by atoms with Gasteiger partial charge in [0.2, 0.25) is 0 Å². The fourth-order valence-corrected chi connectivity index (χ4v) is 2.68. The fraction of sp³-hybridized carbons (Fsp3) is 0.529. The van der Waals surface area contributed by atoms with Gasteiger partial charge < -0.3 is 5.32 Å². The lowest BCUT2D eigenvalue weighted by Crippen LogP contribution is -2.34. The van der Waals surface area contributed by atoms with Crippen LogP contribution in [0.4, 0.5) is 0 Å². The van der Waals surface area contributed by atoms with Gasteiger partial charge in [0.05, 0.1) is 0 Å². The Bertz CT molecular complexity index is 387. The van der Waals surface area contributed by atoms with Gasteiger partial charge in [-0.25, -0.2) is 0 Å². The number of hydrogen-bond donors (Lipinski definition) is 1. The molecule has 1 aliphatic heterocycles. The molecule has 0 spiro atoms. The lowest BCUT2D eigenvalue weighted by molar-refractivity contribution is 0.240. The van der Waals surface area contributed by atoms with Crippen LogP contribution in [0.3, 0.4) is 0 Å². The molecule has 2 rings (SSSR count). The Morgan fingerprint density at radius 3 is 2.53 bits per heavy atom. The van der Waals surface area contributed by atoms with E-state index in [4.69, 9.17) is 0 Å². The van der Waals surface area contributed by atoms with Gasteiger partial charge in [0.15, 0.2) is 0 Å². The van der Waals surface area contributed by atoms with Gasteiger partial charge in [-0.1, -0.05) is 42.0 Å². The Kier molecular flexibility index (Phi) is 5.62. The zero-order valence-corrected chi connectivity index (χ0v) is 12.2. The largest absolute Gasteiger partial charge is 0.311 e. The Morgan fingerprint density at radius 1 is 1.21 bits per heavy atom. The number of nitrogens with one attached hydrogen (secondary N) is 1. The summed E-state index contributed by atoms with van der Waals surface area (Å²) in [4.78, 5) is 2.62. The molecule has 1 N–H and O–H groups in total. The smallest absolute Gasteiger partial charge is 0.0472 e. The molecule has 1 aliphatic rings. The molecule has 1 aromatic carbocycles. The van der Waals surface area contributed by atoms with E-state index in [1.165, 1.54) is 37.1 Å². The predicted molar refractivity (Wildman–Crippen MR) is 82.3 cm³/mol. The van der Waals surface area contributed by atoms with Crippen molar-refractivity contribution in [3.05, 3.63) is 47.5 Å². The summed E-state index contributed by atoms with van der Waals surface area (Å²) in [5.74, 6) is 0. The number of nitrogens with zero attached hydrogens (tertiary/aromatic N) is 1. The standard InChI is InChI=1S/C17H26N2/c1-15(2)10-11-18-14-17(19-12-6-7-13-19)16-8-4-3-5-9-16/h3-5,8-10,17-18H,6-7,11-14H2,1-2H3. The van der Waals surface area contributed by atoms with Gasteiger partial charge in [-0.15, -0.1) is 0 Å². The van der Waals surface area contributed by atoms with Crippen LogP contribution in [0, 0.1) is 0 Å². The quantitative estimate of drug-likeness (QED) is 0.621. The third-order valence-electron chi connectivity index (χ3n) is 3.76. The molecule has 19 heavy (non-hydrogen) atoms. The van der Waals surface area contributed by atoms with Crippen LogP contribution < -0.4 is 5.32 Å². The second kappa shape index (κ2) is 7.46. The number of allylic oxidation sites excluding steroid dienone is 1. The molecular weight excluding hydrogens is 232 g/mol. The minimum absolute atomic E-state index is 0.522. The van der Waals surface area contributed by atoms with E-state index in [0.29, 0.717) is 6.04 Å². The Hall–Kier alpha value is -1.12. The van der Waals surface area contributed by atoms with Crippen LogP contribution in [-0.4, -0.2) is 31.1 Å². The van der Waals surface area contributed by atoms with Crippen LogP contribution in [0.5, 0.6) is 0 Å². The molecule has 1 aromatic rings. The van der Waals surface area contributed by atoms with Crippen molar-refractivity contribution >= 4 is 0 Å². The molecule has 0 amide bonds. The van der Waals surface area contributed by atoms with E-state index in [1.807, 2.05) is 0 Å². The summed E-state index contributed by atoms with van der Waals surface area (Å²) in [6, 6.07) is 11.4. The van der Waals surface area contributed by atoms with Gasteiger partial charge in [-0.05, 0) is 45.3 Å². The van der Waals surface area contributed by atoms with Gasteiger partial charge in [-0.2, -0.15) is 0 Å². The number of rotatable bonds is 6. The number of hydrogen-bond acceptors (Lipinski definition) is 2. The maximum atomic E-state index is 3.57. The maximum absolute atomic E-state index is 3.57. The zero-order chi connectivity index (χ0) is 13.5. The molecule has 1 atom stereocenters. The topological polar surface area (TPSA) is 15.3 Å². The van der Waals surface area contributed by atoms with Crippen LogP contribution in [0.25, 0.3) is 0 Å². The van der Waals surface area contributed by atoms with Crippen molar-refractivity contribution in [2.45, 2.75) is 32.7 Å². The van der Waals surface area contributed by atoms with Crippen molar-refractivity contribution in [2.24, 2.45) is 0 Å². The van der Waals surface area contributed by atoms with E-state index in [1.54, 1.807) is 0 Å². The number of benzene rings is 1. The molecule has 1 heterocycles. The average molecular weight is 258 g/mol. The molecule has 1 fully saturated rings. The van der Waals surface area contributed by atoms with Gasteiger partial charge in [0, 0.05) is 19.1 Å². The van der Waals surface area contributed by atoms with Crippen LogP contribution in [-0.2, 0) is 0 Å². The molecule has 104 valence electrons. The molecule has 0 aromatic heterocycles. The Balaban J connectivity index is 1.96. The first-order valence-corrected chi connectivity index (χ1v) is 7.40. The molecular formula is C17H26N2. The Morgan fingerprint density at radius 2 is 1.89 bits per heavy atom. The highest BCUT2D eigenvalue weighted by atomic mass is 15.2. The molecule has 2 nitrogen and oxygen atoms in total. The molecule has 1 saturated heterocycles. The van der Waals surface area contributed by atoms with Gasteiger partial charge >= 0.3 is 0 Å². The van der Waals surface area contributed by atoms with E-state index >= 15 is 0 Å². The number of likely N-dealkylation sites (tertiary alicyclic amines) is 1. The van der Waals surface area contributed by atoms with Crippen molar-refractivity contribution in [3.63, 3.8) is 0 Å². The molecule has 0 saturated carbocycles. The first-order valence-electron chi connectivity index (χ1n) is 7.40. The second-order valence-electron chi connectivity index (χ2n) is 5.61. The SMILES string of the molecule is CC(C)=CCNCC(c1ccccc1)N1CCCC1. The highest BCUT2D eigenvalue weighted by molar-refractivity contribution is 5.19. The van der Waals surface area contributed by atoms with E-state index in [-0.39, 0.29) is 0 Å². The minimum Gasteiger partial charge on any atom is -0.311 e. The average Bonchev–Trinajstić information content (AvgIpc) is 2.93. The van der Waals surface area contributed by atoms with E-state index in [9.17, 15) is 0 Å². The highest BCUT2D eigenvalue weighted by Crippen LogP contribution is 2.24. The van der Waals surface area contributed by atoms with Crippen LogP contribution >= 0.6 is 0 Å². The summed E-state index contributed by atoms with van der Waals surface area (Å²) in [6.45, 7) is 8.79. The van der Waals surface area contributed by atoms with Gasteiger partial charge in [-0.3, -0.25) is 4.90 Å². The summed E-state index contributed by atoms with van der Waals surface area (Å²) in [5.41, 5.74) is 2.82. The molecule has 0 radical (unpaired) electrons. The Labute approximate surface area is 117 Å². The monoisotopic (exact) mass is 258 g/mol. The second-order valence-corrected chi connectivity index (χ2v) is 5.61. The van der Waals surface area contributed by atoms with E-state index in [2.05, 4.69) is 60.5 Å². The van der Waals surface area contributed by atoms with Crippen LogP contribution in [0.1, 0.15) is 38.3 Å². The van der Waals surface area contributed by atoms with Crippen molar-refractivity contribution in [1.29, 1.82) is 0 Å². The molecule has 0 aliphatic carbocycles. The van der Waals surface area contributed by atoms with E-state index in [0.717, 1.165) is 13.1 Å². The fourth-order valence-electron chi connectivity index (χ4n) is 2.68. The summed E-state index contributed by atoms with van der Waals surface area (Å²) in [5, 5.41) is 3.57. The van der Waals surface area contributed by atoms with Gasteiger partial charge in [0.1, 0.15) is 0 Å². The normalized spacial score (nSPS) is 17.4. The molecule has 1 unspecified atom stereocenters. The molecule has 2 heteroatoms. The first-order chi connectivity index (χ1) is 9.27. The van der Waals surface area contributed by atoms with Crippen molar-refractivity contribution in [1.82, 2.24) is 10.2 Å². The summed E-state index contributed by atoms with van der Waals surface area (Å²) in [7, 11) is 0.